The Kier molecular flexibility index (Phi) is 49.2. The Morgan fingerprint density at radius 1 is 0.435 bits per heavy atom. The summed E-state index contributed by atoms with van der Waals surface area (Å²) in [6, 6.07) is 54.4. The molecule has 2 aliphatic rings. The number of para-hydroxylation sites is 5. The molecule has 0 spiro atoms. The molecule has 17 N–H and O–H groups in total. The van der Waals surface area contributed by atoms with Crippen LogP contribution in [0.4, 0.5) is 84.0 Å². The number of fused-ring (bicyclic) bond motifs is 2. The number of hydrogen-bond donors (Lipinski definition) is 11. The zero-order valence-corrected chi connectivity index (χ0v) is 69.6. The Morgan fingerprint density at radius 3 is 1.16 bits per heavy atom. The molecule has 0 unspecified atom stereocenters. The van der Waals surface area contributed by atoms with Crippen molar-refractivity contribution in [2.24, 2.45) is 0 Å². The van der Waals surface area contributed by atoms with Gasteiger partial charge >= 0.3 is 78.3 Å². The van der Waals surface area contributed by atoms with Crippen LogP contribution in [0.1, 0.15) is 125 Å². The average Bonchev–Trinajstić information content (AvgIpc) is 1.44. The number of nitrogen functional groups attached to an aromatic ring is 3. The number of nitro groups is 2. The first-order valence-electron chi connectivity index (χ1n) is 35.3. The normalized spacial score (nSPS) is 10.3. The Hall–Kier alpha value is -14.6. The molecule has 0 atom stereocenters. The van der Waals surface area contributed by atoms with Crippen LogP contribution in [0, 0.1) is 26.0 Å². The molecule has 0 radical (unpaired) electrons. The molecule has 0 aromatic heterocycles. The van der Waals surface area contributed by atoms with Crippen molar-refractivity contribution in [1.82, 2.24) is 0 Å². The van der Waals surface area contributed by atoms with Gasteiger partial charge in [-0.3, -0.25) is 25.0 Å². The zero-order valence-electron chi connectivity index (χ0n) is 68.4. The number of aliphatic hydroxyl groups excluding tert-OH is 1. The molecule has 40 heteroatoms. The van der Waals surface area contributed by atoms with Crippen molar-refractivity contribution in [3.05, 3.63) is 294 Å². The van der Waals surface area contributed by atoms with Gasteiger partial charge in [-0.1, -0.05) is 90.7 Å². The number of nitro benzene ring substituents is 2. The summed E-state index contributed by atoms with van der Waals surface area (Å²) in [6.45, 7) is 2.00. The molecule has 124 heavy (non-hydrogen) atoms. The molecule has 0 saturated carbocycles. The number of benzene rings is 10. The number of hydrogen-bond acceptors (Lipinski definition) is 31. The largest absolute Gasteiger partial charge is 1.00 e. The fourth-order valence-electron chi connectivity index (χ4n) is 10.1. The van der Waals surface area contributed by atoms with Gasteiger partial charge in [-0.2, -0.15) is 4.39 Å². The van der Waals surface area contributed by atoms with Gasteiger partial charge in [-0.05, 0) is 157 Å². The number of amides is 1. The molecular formula is C84H91FILiN10O27. The summed E-state index contributed by atoms with van der Waals surface area (Å²) in [5.74, 6) is -7.11. The molecule has 2 heterocycles. The molecule has 2 aliphatic heterocycles. The average molecular weight is 1830 g/mol. The van der Waals surface area contributed by atoms with Crippen molar-refractivity contribution in [2.75, 3.05) is 119 Å². The molecule has 1 fully saturated rings. The van der Waals surface area contributed by atoms with Crippen molar-refractivity contribution in [2.45, 2.75) is 20.3 Å². The number of aliphatic hydroxyl groups is 1. The number of halogens is 2. The van der Waals surface area contributed by atoms with Crippen molar-refractivity contribution >= 4 is 162 Å². The summed E-state index contributed by atoms with van der Waals surface area (Å²) < 4.78 is 56.1. The number of carbonyl (C=O) groups excluding carboxylic acids is 8. The van der Waals surface area contributed by atoms with E-state index in [4.69, 9.17) is 48.1 Å². The molecule has 1 amide bonds. The molecule has 10 aromatic carbocycles. The molecule has 0 aliphatic carbocycles. The molecule has 1 saturated heterocycles. The van der Waals surface area contributed by atoms with Gasteiger partial charge in [0.15, 0.2) is 0 Å². The maximum Gasteiger partial charge on any atom is 1.00 e. The maximum atomic E-state index is 12.8. The maximum absolute atomic E-state index is 12.8. The molecule has 37 nitrogen and oxygen atoms in total. The summed E-state index contributed by atoms with van der Waals surface area (Å²) in [5.41, 5.74) is 24.2. The number of aromatic carboxylic acids is 2. The van der Waals surface area contributed by atoms with E-state index < -0.39 is 75.1 Å². The smallest absolute Gasteiger partial charge is 0.870 e. The van der Waals surface area contributed by atoms with Crippen LogP contribution in [-0.2, 0) is 37.9 Å². The number of methoxy groups -OCH3 is 7. The number of carboxylic acid groups (broad SMARTS) is 2. The van der Waals surface area contributed by atoms with Crippen LogP contribution in [0.5, 0.6) is 0 Å². The van der Waals surface area contributed by atoms with Gasteiger partial charge in [0.2, 0.25) is 5.82 Å². The predicted octanol–water partition coefficient (Wildman–Crippen LogP) is 11.4. The third-order valence-corrected chi connectivity index (χ3v) is 15.9. The number of alkyl halides is 1. The zero-order chi connectivity index (χ0) is 89.8. The van der Waals surface area contributed by atoms with E-state index in [0.717, 1.165) is 51.7 Å². The third kappa shape index (κ3) is 32.8. The number of carbonyl (C=O) groups is 10. The first-order chi connectivity index (χ1) is 57.9. The van der Waals surface area contributed by atoms with Crippen LogP contribution < -0.4 is 62.6 Å². The third-order valence-electron chi connectivity index (χ3n) is 15.9. The monoisotopic (exact) mass is 1830 g/mol. The van der Waals surface area contributed by atoms with Crippen LogP contribution in [-0.4, -0.2) is 171 Å². The van der Waals surface area contributed by atoms with Gasteiger partial charge in [0.25, 0.3) is 11.6 Å². The standard InChI is InChI=1S/C16H14N2O6.C16H16N2O4.C15H14N2O4.C14H10N2O3.C8H6FNO4.C8H9NO2.C4H8O.CH3I.CH4O.CH4.Li.2H2O/c1-23-15(19)10-7-8-13(14(9-10)18(21)22)17-12-6-4-3-5-11(12)16(20)24-2;1-21-15(19)10-7-8-14(12(17)9-10)18-13-6-4-3-5-11(13)16(20)22-2;1-21-15(20)10-4-2-3-5-12(10)17-13-7-6-9(14(18)19)8-11(13)16;17-13-9-3-1-2-4-10(9)15-11-6-5-8(14(18)19)7-12(11)16-13;1-14-8(11)5-2-3-6(9)7(4-5)10(12)13;1-11-8(10)6-4-2-3-5-7(6)9;1-2-4-5-3-1;2*1-2;;;;/h3-9,17H,1-2H3;3-9,18H,17H2,1-2H3;2-8,17H,16H2,1H3,(H,18,19);1-7,15H,(H,16,17)(H,18,19);2-4H,1H3;2-5H,9H2,1H3;1-4H2;1H3;2H,1H3;1H4;;2*1H2/q;;;;;;;;;;+1;;/p-1/i;;;;;;;1D;;;;;. The number of anilines is 12. The Balaban J connectivity index is 0.00000145. The first-order valence-corrected chi connectivity index (χ1v) is 36.2. The number of nitrogens with two attached hydrogens (primary N) is 3. The van der Waals surface area contributed by atoms with E-state index in [1.807, 2.05) is 28.7 Å². The summed E-state index contributed by atoms with van der Waals surface area (Å²) >= 11 is 1.96. The Labute approximate surface area is 737 Å². The summed E-state index contributed by atoms with van der Waals surface area (Å²) in [4.78, 5) is 134. The van der Waals surface area contributed by atoms with Crippen molar-refractivity contribution in [1.29, 1.82) is 0 Å². The number of ether oxygens (including phenoxy) is 8. The fourth-order valence-corrected chi connectivity index (χ4v) is 10.1. The van der Waals surface area contributed by atoms with E-state index in [-0.39, 0.29) is 88.0 Å². The SMILES string of the molecule is C.C1CCOC1.CO.COC(=O)c1ccc(F)c([N+](=O)[O-])c1.COC(=O)c1ccc(Nc2ccccc2C(=O)OC)c(N)c1.COC(=O)c1ccc(Nc2ccccc2C(=O)OC)c([N+](=O)[O-])c1.COC(=O)c1ccccc1N.COC(=O)c1ccccc1Nc1ccc(C(=O)O)cc1N.O.O=C(O)c1ccc2c(c1)NC(=O)c1ccccc1N2.[2H]CI.[Li+].[OH-]. The minimum atomic E-state index is -1.05. The van der Waals surface area contributed by atoms with E-state index in [2.05, 4.69) is 50.3 Å². The number of carboxylic acids is 2. The fraction of sp³-hybridized carbons (Fsp3) is 0.167. The van der Waals surface area contributed by atoms with Crippen LogP contribution in [0.2, 0.25) is 0 Å². The van der Waals surface area contributed by atoms with Gasteiger partial charge < -0.3 is 108 Å². The second-order valence-electron chi connectivity index (χ2n) is 23.4. The number of esters is 7. The minimum Gasteiger partial charge on any atom is -0.870 e. The predicted molar refractivity (Wildman–Crippen MR) is 466 cm³/mol. The first kappa shape index (κ1) is 107. The van der Waals surface area contributed by atoms with Gasteiger partial charge in [0.1, 0.15) is 5.69 Å². The quantitative estimate of drug-likeness (QED) is 0.00589. The van der Waals surface area contributed by atoms with Crippen molar-refractivity contribution in [3.8, 4) is 0 Å². The summed E-state index contributed by atoms with van der Waals surface area (Å²) in [5, 5.41) is 61.2. The van der Waals surface area contributed by atoms with E-state index in [1.54, 1.807) is 133 Å². The second-order valence-corrected chi connectivity index (χ2v) is 23.4. The van der Waals surface area contributed by atoms with E-state index >= 15 is 0 Å². The van der Waals surface area contributed by atoms with Crippen LogP contribution in [0.3, 0.4) is 0 Å². The van der Waals surface area contributed by atoms with Gasteiger partial charge in [-0.25, -0.2) is 43.2 Å². The van der Waals surface area contributed by atoms with Gasteiger partial charge in [0.05, 0.1) is 172 Å². The van der Waals surface area contributed by atoms with E-state index in [0.29, 0.717) is 89.6 Å². The second kappa shape index (κ2) is 56.8. The Morgan fingerprint density at radius 2 is 0.766 bits per heavy atom. The number of nitrogens with one attached hydrogen (secondary N) is 5. The topological polar surface area (TPSA) is 591 Å². The van der Waals surface area contributed by atoms with Gasteiger partial charge in [0, 0.05) is 39.5 Å². The van der Waals surface area contributed by atoms with E-state index in [9.17, 15) is 72.6 Å². The van der Waals surface area contributed by atoms with Crippen molar-refractivity contribution in [3.63, 3.8) is 0 Å². The molecule has 0 bridgehead atoms. The molecule has 10 aromatic rings. The van der Waals surface area contributed by atoms with Crippen LogP contribution in [0.15, 0.2) is 212 Å². The molecule has 12 rings (SSSR count). The molecular weight excluding hydrogens is 1730 g/mol. The Bertz CT molecular complexity index is 5320. The van der Waals surface area contributed by atoms with Crippen LogP contribution >= 0.6 is 22.6 Å². The minimum absolute atomic E-state index is 0. The molecule has 654 valence electrons. The van der Waals surface area contributed by atoms with E-state index in [1.165, 1.54) is 104 Å². The van der Waals surface area contributed by atoms with Crippen LogP contribution in [0.25, 0.3) is 0 Å². The van der Waals surface area contributed by atoms with Crippen molar-refractivity contribution < 1.29 is 147 Å². The summed E-state index contributed by atoms with van der Waals surface area (Å²) in [7, 11) is 9.82. The number of rotatable bonds is 17. The number of nitrogens with zero attached hydrogens (tertiary/aromatic N) is 2. The van der Waals surface area contributed by atoms with Gasteiger partial charge in [-0.15, -0.1) is 0 Å². The summed E-state index contributed by atoms with van der Waals surface area (Å²) in [6.07, 6.45) is 2.56.